The predicted molar refractivity (Wildman–Crippen MR) is 181 cm³/mol. The Kier molecular flexibility index (Phi) is 18.7. The first-order valence-electron chi connectivity index (χ1n) is 16.8. The fourth-order valence-electron chi connectivity index (χ4n) is 5.21. The molecule has 2 rings (SSSR count). The van der Waals surface area contributed by atoms with Gasteiger partial charge in [-0.3, -0.25) is 14.4 Å². The molecule has 45 heavy (non-hydrogen) atoms. The van der Waals surface area contributed by atoms with Crippen LogP contribution in [0.25, 0.3) is 0 Å². The van der Waals surface area contributed by atoms with Gasteiger partial charge in [0.1, 0.15) is 0 Å². The molecule has 0 spiro atoms. The van der Waals surface area contributed by atoms with Gasteiger partial charge in [0.2, 0.25) is 5.91 Å². The first-order chi connectivity index (χ1) is 21.7. The second-order valence-electron chi connectivity index (χ2n) is 11.6. The molecule has 250 valence electrons. The van der Waals surface area contributed by atoms with E-state index in [0.29, 0.717) is 23.4 Å². The lowest BCUT2D eigenvalue weighted by atomic mass is 10.0. The van der Waals surface area contributed by atoms with Crippen LogP contribution in [0, 0.1) is 0 Å². The SMILES string of the molecule is CCCCCCCCCCCCCCCC(=O)N(CCc1ccc(C(=O)CCC(=O)OCC)cc1)S(=O)(=O)c1ccc(Cl)cc1. The lowest BCUT2D eigenvalue weighted by molar-refractivity contribution is -0.143. The fraction of sp³-hybridized carbons (Fsp3) is 0.583. The number of carbonyl (C=O) groups is 3. The van der Waals surface area contributed by atoms with Crippen LogP contribution < -0.4 is 0 Å². The van der Waals surface area contributed by atoms with E-state index in [2.05, 4.69) is 6.92 Å². The Labute approximate surface area is 276 Å². The van der Waals surface area contributed by atoms with E-state index >= 15 is 0 Å². The van der Waals surface area contributed by atoms with E-state index in [1.807, 2.05) is 0 Å². The molecule has 0 aliphatic heterocycles. The Morgan fingerprint density at radius 2 is 1.22 bits per heavy atom. The number of Topliss-reactive ketones (excluding diaryl/α,β-unsaturated/α-hetero) is 1. The molecule has 0 saturated carbocycles. The number of benzene rings is 2. The minimum absolute atomic E-state index is 0.0155. The van der Waals surface area contributed by atoms with Crippen molar-refractivity contribution in [3.63, 3.8) is 0 Å². The van der Waals surface area contributed by atoms with Crippen LogP contribution in [0.2, 0.25) is 5.02 Å². The van der Waals surface area contributed by atoms with Gasteiger partial charge in [0.05, 0.1) is 17.9 Å². The van der Waals surface area contributed by atoms with Crippen molar-refractivity contribution in [1.82, 2.24) is 4.31 Å². The topological polar surface area (TPSA) is 97.8 Å². The number of ketones is 1. The summed E-state index contributed by atoms with van der Waals surface area (Å²) in [4.78, 5) is 37.3. The zero-order valence-corrected chi connectivity index (χ0v) is 28.8. The Morgan fingerprint density at radius 3 is 1.76 bits per heavy atom. The number of sulfonamides is 1. The van der Waals surface area contributed by atoms with Gasteiger partial charge in [-0.05, 0) is 49.6 Å². The van der Waals surface area contributed by atoms with E-state index in [4.69, 9.17) is 16.3 Å². The Balaban J connectivity index is 1.88. The van der Waals surface area contributed by atoms with Crippen molar-refractivity contribution in [3.05, 3.63) is 64.7 Å². The Morgan fingerprint density at radius 1 is 0.689 bits per heavy atom. The second-order valence-corrected chi connectivity index (χ2v) is 13.9. The molecule has 0 atom stereocenters. The van der Waals surface area contributed by atoms with Gasteiger partial charge in [0.25, 0.3) is 10.0 Å². The van der Waals surface area contributed by atoms with Crippen LogP contribution >= 0.6 is 11.6 Å². The molecule has 2 aromatic carbocycles. The maximum atomic E-state index is 13.5. The zero-order chi connectivity index (χ0) is 32.9. The molecule has 0 fully saturated rings. The van der Waals surface area contributed by atoms with Gasteiger partial charge in [0.15, 0.2) is 5.78 Å². The number of carbonyl (C=O) groups excluding carboxylic acids is 3. The van der Waals surface area contributed by atoms with E-state index in [1.165, 1.54) is 82.1 Å². The molecule has 0 N–H and O–H groups in total. The minimum Gasteiger partial charge on any atom is -0.466 e. The van der Waals surface area contributed by atoms with Gasteiger partial charge in [-0.25, -0.2) is 12.7 Å². The van der Waals surface area contributed by atoms with Gasteiger partial charge in [0, 0.05) is 30.0 Å². The molecule has 0 unspecified atom stereocenters. The number of unbranched alkanes of at least 4 members (excludes halogenated alkanes) is 12. The molecule has 0 aliphatic carbocycles. The second kappa shape index (κ2) is 21.9. The molecule has 0 saturated heterocycles. The molecule has 9 heteroatoms. The summed E-state index contributed by atoms with van der Waals surface area (Å²) < 4.78 is 32.9. The number of hydrogen-bond donors (Lipinski definition) is 0. The normalized spacial score (nSPS) is 11.4. The van der Waals surface area contributed by atoms with E-state index in [-0.39, 0.29) is 43.1 Å². The van der Waals surface area contributed by atoms with Crippen molar-refractivity contribution >= 4 is 39.3 Å². The number of amides is 1. The standard InChI is InChI=1S/C36H52ClNO6S/c1-3-5-6-7-8-9-10-11-12-13-14-15-16-17-35(40)38(45(42,43)33-24-22-32(37)23-25-33)29-28-30-18-20-31(21-19-30)34(39)26-27-36(41)44-4-2/h18-25H,3-17,26-29H2,1-2H3. The lowest BCUT2D eigenvalue weighted by Crippen LogP contribution is -2.38. The van der Waals surface area contributed by atoms with Crippen molar-refractivity contribution in [1.29, 1.82) is 0 Å². The maximum Gasteiger partial charge on any atom is 0.306 e. The first kappa shape index (κ1) is 38.5. The smallest absolute Gasteiger partial charge is 0.306 e. The van der Waals surface area contributed by atoms with Gasteiger partial charge in [-0.15, -0.1) is 0 Å². The highest BCUT2D eigenvalue weighted by molar-refractivity contribution is 7.89. The first-order valence-corrected chi connectivity index (χ1v) is 18.6. The third-order valence-corrected chi connectivity index (χ3v) is 10.0. The summed E-state index contributed by atoms with van der Waals surface area (Å²) >= 11 is 5.98. The van der Waals surface area contributed by atoms with E-state index in [1.54, 1.807) is 31.2 Å². The number of rotatable bonds is 24. The molecule has 0 aromatic heterocycles. The quantitative estimate of drug-likeness (QED) is 0.0632. The van der Waals surface area contributed by atoms with Crippen LogP contribution in [-0.4, -0.2) is 43.5 Å². The summed E-state index contributed by atoms with van der Waals surface area (Å²) in [6.45, 7) is 4.21. The summed E-state index contributed by atoms with van der Waals surface area (Å²) in [5.41, 5.74) is 1.26. The molecular formula is C36H52ClNO6S. The van der Waals surface area contributed by atoms with Gasteiger partial charge in [-0.1, -0.05) is 120 Å². The van der Waals surface area contributed by atoms with Crippen molar-refractivity contribution in [2.45, 2.75) is 128 Å². The van der Waals surface area contributed by atoms with Crippen molar-refractivity contribution in [3.8, 4) is 0 Å². The van der Waals surface area contributed by atoms with Crippen molar-refractivity contribution < 1.29 is 27.5 Å². The number of halogens is 1. The largest absolute Gasteiger partial charge is 0.466 e. The van der Waals surface area contributed by atoms with E-state index in [9.17, 15) is 22.8 Å². The van der Waals surface area contributed by atoms with Crippen LogP contribution in [0.15, 0.2) is 53.4 Å². The van der Waals surface area contributed by atoms with E-state index in [0.717, 1.165) is 29.1 Å². The lowest BCUT2D eigenvalue weighted by Gasteiger charge is -2.23. The van der Waals surface area contributed by atoms with Crippen LogP contribution in [0.4, 0.5) is 0 Å². The zero-order valence-electron chi connectivity index (χ0n) is 27.2. The highest BCUT2D eigenvalue weighted by Crippen LogP contribution is 2.21. The summed E-state index contributed by atoms with van der Waals surface area (Å²) in [6.07, 6.45) is 16.0. The molecule has 1 amide bonds. The van der Waals surface area contributed by atoms with Crippen LogP contribution in [0.3, 0.4) is 0 Å². The maximum absolute atomic E-state index is 13.5. The number of esters is 1. The summed E-state index contributed by atoms with van der Waals surface area (Å²) in [6, 6.07) is 12.7. The molecule has 2 aromatic rings. The molecule has 0 radical (unpaired) electrons. The van der Waals surface area contributed by atoms with Gasteiger partial charge >= 0.3 is 5.97 Å². The van der Waals surface area contributed by atoms with E-state index < -0.39 is 21.9 Å². The molecule has 0 aliphatic rings. The number of hydrogen-bond acceptors (Lipinski definition) is 6. The third kappa shape index (κ3) is 15.0. The molecule has 0 heterocycles. The Hall–Kier alpha value is -2.71. The van der Waals surface area contributed by atoms with Crippen LogP contribution in [0.5, 0.6) is 0 Å². The average Bonchev–Trinajstić information content (AvgIpc) is 3.02. The minimum atomic E-state index is -4.07. The average molecular weight is 662 g/mol. The third-order valence-electron chi connectivity index (χ3n) is 7.91. The summed E-state index contributed by atoms with van der Waals surface area (Å²) in [7, 11) is -4.07. The highest BCUT2D eigenvalue weighted by atomic mass is 35.5. The Bertz CT molecular complexity index is 1260. The monoisotopic (exact) mass is 661 g/mol. The number of nitrogens with zero attached hydrogens (tertiary/aromatic N) is 1. The van der Waals surface area contributed by atoms with Crippen molar-refractivity contribution in [2.75, 3.05) is 13.2 Å². The predicted octanol–water partition coefficient (Wildman–Crippen LogP) is 9.11. The molecule has 0 bridgehead atoms. The van der Waals surface area contributed by atoms with Crippen LogP contribution in [0.1, 0.15) is 133 Å². The highest BCUT2D eigenvalue weighted by Gasteiger charge is 2.28. The number of ether oxygens (including phenoxy) is 1. The fourth-order valence-corrected chi connectivity index (χ4v) is 6.76. The molecular weight excluding hydrogens is 610 g/mol. The van der Waals surface area contributed by atoms with Gasteiger partial charge < -0.3 is 4.74 Å². The summed E-state index contributed by atoms with van der Waals surface area (Å²) in [5.74, 6) is -0.999. The van der Waals surface area contributed by atoms with Gasteiger partial charge in [-0.2, -0.15) is 0 Å². The van der Waals surface area contributed by atoms with Crippen molar-refractivity contribution in [2.24, 2.45) is 0 Å². The van der Waals surface area contributed by atoms with Crippen LogP contribution in [-0.2, 0) is 30.8 Å². The molecule has 7 nitrogen and oxygen atoms in total. The summed E-state index contributed by atoms with van der Waals surface area (Å²) in [5, 5.41) is 0.413.